The number of aromatic nitrogens is 3. The maximum atomic E-state index is 13.1. The van der Waals surface area contributed by atoms with Crippen molar-refractivity contribution in [2.75, 3.05) is 0 Å². The van der Waals surface area contributed by atoms with E-state index in [1.54, 1.807) is 12.1 Å². The maximum absolute atomic E-state index is 13.1. The molecule has 3 aromatic rings. The monoisotopic (exact) mass is 405 g/mol. The van der Waals surface area contributed by atoms with Gasteiger partial charge in [0.2, 0.25) is 0 Å². The summed E-state index contributed by atoms with van der Waals surface area (Å²) in [6, 6.07) is 10.7. The summed E-state index contributed by atoms with van der Waals surface area (Å²) in [5.74, 6) is -0.812. The minimum atomic E-state index is -0.290. The van der Waals surface area contributed by atoms with Crippen molar-refractivity contribution in [1.29, 1.82) is 0 Å². The lowest BCUT2D eigenvalue weighted by molar-refractivity contribution is -0.269. The van der Waals surface area contributed by atoms with E-state index >= 15 is 0 Å². The van der Waals surface area contributed by atoms with E-state index in [1.165, 1.54) is 9.70 Å². The molecule has 1 aliphatic carbocycles. The Labute approximate surface area is 169 Å². The number of hydrogen-bond donors (Lipinski definition) is 0. The number of carbonyl (C=O) groups is 2. The molecule has 146 valence electrons. The molecule has 0 spiro atoms. The fraction of sp³-hybridized carbons (Fsp3) is 0.238. The van der Waals surface area contributed by atoms with E-state index in [-0.39, 0.29) is 24.1 Å². The van der Waals surface area contributed by atoms with E-state index in [4.69, 9.17) is 0 Å². The number of benzene rings is 2. The van der Waals surface area contributed by atoms with Crippen LogP contribution in [0.4, 0.5) is 0 Å². The molecule has 2 amide bonds. The van der Waals surface area contributed by atoms with Crippen LogP contribution in [0.25, 0.3) is 16.7 Å². The zero-order valence-corrected chi connectivity index (χ0v) is 16.7. The molecule has 29 heavy (non-hydrogen) atoms. The van der Waals surface area contributed by atoms with Crippen LogP contribution in [0.2, 0.25) is 0 Å². The van der Waals surface area contributed by atoms with Crippen molar-refractivity contribution in [2.45, 2.75) is 32.2 Å². The third kappa shape index (κ3) is 2.93. The van der Waals surface area contributed by atoms with Crippen molar-refractivity contribution in [3.63, 3.8) is 0 Å². The molecule has 0 N–H and O–H groups in total. The van der Waals surface area contributed by atoms with Gasteiger partial charge in [-0.15, -0.1) is 19.4 Å². The molecule has 1 atom stereocenters. The molecule has 0 fully saturated rings. The molecule has 5 rings (SSSR count). The van der Waals surface area contributed by atoms with E-state index < -0.39 is 0 Å². The second-order valence-corrected chi connectivity index (χ2v) is 8.03. The molecule has 0 bridgehead atoms. The molecule has 2 aliphatic rings. The molecule has 1 aromatic heterocycles. The Hall–Kier alpha value is -3.05. The maximum Gasteiger partial charge on any atom is 0.257 e. The molecule has 2 heterocycles. The van der Waals surface area contributed by atoms with E-state index in [2.05, 4.69) is 19.4 Å². The highest BCUT2D eigenvalue weighted by atomic mass is 31.0. The van der Waals surface area contributed by atoms with Gasteiger partial charge in [0.1, 0.15) is 11.0 Å². The summed E-state index contributed by atoms with van der Waals surface area (Å²) < 4.78 is 0. The predicted molar refractivity (Wildman–Crippen MR) is 109 cm³/mol. The largest absolute Gasteiger partial charge is 0.871 e. The van der Waals surface area contributed by atoms with Crippen LogP contribution in [0.5, 0.6) is 5.75 Å². The van der Waals surface area contributed by atoms with Gasteiger partial charge < -0.3 is 5.11 Å². The highest BCUT2D eigenvalue weighted by molar-refractivity contribution is 7.27. The Morgan fingerprint density at radius 3 is 2.14 bits per heavy atom. The Morgan fingerprint density at radius 1 is 0.966 bits per heavy atom. The second-order valence-electron chi connectivity index (χ2n) is 7.37. The van der Waals surface area contributed by atoms with Gasteiger partial charge in [0.15, 0.2) is 0 Å². The lowest BCUT2D eigenvalue weighted by Crippen LogP contribution is -2.32. The van der Waals surface area contributed by atoms with Gasteiger partial charge in [0.25, 0.3) is 11.8 Å². The number of amides is 2. The van der Waals surface area contributed by atoms with Crippen molar-refractivity contribution in [3.8, 4) is 11.4 Å². The van der Waals surface area contributed by atoms with Crippen LogP contribution < -0.4 is 10.4 Å². The predicted octanol–water partition coefficient (Wildman–Crippen LogP) is 1.73. The Morgan fingerprint density at radius 2 is 1.55 bits per heavy atom. The summed E-state index contributed by atoms with van der Waals surface area (Å²) >= 11 is 0. The first kappa shape index (κ1) is 18.0. The Kier molecular flexibility index (Phi) is 4.21. The number of carbonyl (C=O) groups excluding carboxylic acids is 2. The minimum Gasteiger partial charge on any atom is -0.871 e. The average molecular weight is 405 g/mol. The first-order valence-corrected chi connectivity index (χ1v) is 10.1. The van der Waals surface area contributed by atoms with E-state index in [0.717, 1.165) is 18.1 Å². The summed E-state index contributed by atoms with van der Waals surface area (Å²) in [6.45, 7) is -0.0421. The van der Waals surface area contributed by atoms with Gasteiger partial charge >= 0.3 is 0 Å². The summed E-state index contributed by atoms with van der Waals surface area (Å²) in [7, 11) is 2.56. The minimum absolute atomic E-state index is 0.0421. The topological polar surface area (TPSA) is 91.2 Å². The quantitative estimate of drug-likeness (QED) is 0.489. The van der Waals surface area contributed by atoms with Crippen molar-refractivity contribution in [2.24, 2.45) is 0 Å². The van der Waals surface area contributed by atoms with Crippen molar-refractivity contribution in [1.82, 2.24) is 19.9 Å². The Balaban J connectivity index is 1.52. The first-order valence-electron chi connectivity index (χ1n) is 9.53. The molecule has 0 saturated heterocycles. The van der Waals surface area contributed by atoms with Crippen molar-refractivity contribution >= 4 is 37.4 Å². The van der Waals surface area contributed by atoms with Gasteiger partial charge in [-0.1, -0.05) is 23.9 Å². The third-order valence-corrected chi connectivity index (χ3v) is 5.81. The van der Waals surface area contributed by atoms with Crippen molar-refractivity contribution in [3.05, 3.63) is 53.1 Å². The SMILES string of the molecule is O=C1C2=C(CCCC2)C(=O)N1Cc1cc(P)cc(-n2nc3ccccc3n2)c1[O-]. The molecular weight excluding hydrogens is 387 g/mol. The lowest BCUT2D eigenvalue weighted by atomic mass is 9.93. The number of fused-ring (bicyclic) bond motifs is 1. The molecule has 1 aliphatic heterocycles. The third-order valence-electron chi connectivity index (χ3n) is 5.47. The Bertz CT molecular complexity index is 1150. The van der Waals surface area contributed by atoms with Crippen LogP contribution in [-0.2, 0) is 16.1 Å². The van der Waals surface area contributed by atoms with Gasteiger partial charge in [-0.3, -0.25) is 14.5 Å². The lowest BCUT2D eigenvalue weighted by Gasteiger charge is -2.23. The molecule has 0 radical (unpaired) electrons. The van der Waals surface area contributed by atoms with Gasteiger partial charge in [-0.25, -0.2) is 0 Å². The molecule has 0 saturated carbocycles. The number of rotatable bonds is 3. The van der Waals surface area contributed by atoms with E-state index in [9.17, 15) is 14.7 Å². The van der Waals surface area contributed by atoms with Crippen LogP contribution >= 0.6 is 9.24 Å². The molecule has 1 unspecified atom stereocenters. The summed E-state index contributed by atoms with van der Waals surface area (Å²) in [6.07, 6.45) is 3.11. The van der Waals surface area contributed by atoms with Crippen LogP contribution in [0.15, 0.2) is 47.5 Å². The number of imide groups is 1. The first-order chi connectivity index (χ1) is 14.0. The number of nitrogens with zero attached hydrogens (tertiary/aromatic N) is 4. The summed E-state index contributed by atoms with van der Waals surface area (Å²) in [5.41, 5.74) is 3.27. The number of hydrogen-bond acceptors (Lipinski definition) is 5. The van der Waals surface area contributed by atoms with Gasteiger partial charge in [-0.05, 0) is 54.8 Å². The van der Waals surface area contributed by atoms with Gasteiger partial charge in [0, 0.05) is 11.1 Å². The molecule has 7 nitrogen and oxygen atoms in total. The summed E-state index contributed by atoms with van der Waals surface area (Å²) in [4.78, 5) is 28.0. The van der Waals surface area contributed by atoms with Crippen LogP contribution in [-0.4, -0.2) is 31.7 Å². The highest BCUT2D eigenvalue weighted by Gasteiger charge is 2.38. The van der Waals surface area contributed by atoms with E-state index in [1.807, 2.05) is 24.3 Å². The molecular formula is C21H18N4O3P-. The van der Waals surface area contributed by atoms with Crippen molar-refractivity contribution < 1.29 is 14.7 Å². The zero-order chi connectivity index (χ0) is 20.1. The fourth-order valence-corrected chi connectivity index (χ4v) is 4.40. The normalized spacial score (nSPS) is 16.8. The molecule has 2 aromatic carbocycles. The van der Waals surface area contributed by atoms with Gasteiger partial charge in [0.05, 0.1) is 12.2 Å². The van der Waals surface area contributed by atoms with Crippen LogP contribution in [0, 0.1) is 0 Å². The van der Waals surface area contributed by atoms with E-state index in [0.29, 0.717) is 46.3 Å². The standard InChI is InChI=1S/C21H19N4O3P/c26-19-12(11-24-20(27)14-5-1-2-6-15(14)21(24)28)9-13(29)10-18(19)25-22-16-7-3-4-8-17(16)23-25/h3-4,7-10,26H,1-2,5-6,11,29H2/p-1. The average Bonchev–Trinajstić information content (AvgIpc) is 3.26. The highest BCUT2D eigenvalue weighted by Crippen LogP contribution is 2.35. The zero-order valence-electron chi connectivity index (χ0n) is 15.6. The fourth-order valence-electron chi connectivity index (χ4n) is 4.04. The van der Waals surface area contributed by atoms with Crippen LogP contribution in [0.3, 0.4) is 0 Å². The van der Waals surface area contributed by atoms with Crippen LogP contribution in [0.1, 0.15) is 31.2 Å². The molecule has 8 heteroatoms. The van der Waals surface area contributed by atoms with Gasteiger partial charge in [-0.2, -0.15) is 4.80 Å². The second kappa shape index (κ2) is 6.78. The summed E-state index contributed by atoms with van der Waals surface area (Å²) in [5, 5.41) is 22.7. The smallest absolute Gasteiger partial charge is 0.257 e.